The molecule has 1 N–H and O–H groups in total. The van der Waals surface area contributed by atoms with E-state index >= 15 is 0 Å². The SMILES string of the molecule is Clc1nccnc1NCc1cnns1. The van der Waals surface area contributed by atoms with Crippen LogP contribution in [0.3, 0.4) is 0 Å². The zero-order valence-electron chi connectivity index (χ0n) is 7.01. The van der Waals surface area contributed by atoms with E-state index in [0.717, 1.165) is 4.88 Å². The molecule has 5 nitrogen and oxygen atoms in total. The number of hydrogen-bond donors (Lipinski definition) is 1. The topological polar surface area (TPSA) is 63.6 Å². The van der Waals surface area contributed by atoms with Gasteiger partial charge in [-0.15, -0.1) is 5.10 Å². The minimum Gasteiger partial charge on any atom is -0.362 e. The molecule has 0 atom stereocenters. The lowest BCUT2D eigenvalue weighted by atomic mass is 10.5. The fourth-order valence-corrected chi connectivity index (χ4v) is 1.48. The summed E-state index contributed by atoms with van der Waals surface area (Å²) < 4.78 is 3.74. The van der Waals surface area contributed by atoms with Crippen LogP contribution in [0.5, 0.6) is 0 Å². The molecule has 0 saturated heterocycles. The first-order chi connectivity index (χ1) is 6.86. The van der Waals surface area contributed by atoms with Gasteiger partial charge in [0.2, 0.25) is 0 Å². The molecule has 2 rings (SSSR count). The lowest BCUT2D eigenvalue weighted by Crippen LogP contribution is -2.00. The molecule has 0 aromatic carbocycles. The average Bonchev–Trinajstić information content (AvgIpc) is 2.69. The highest BCUT2D eigenvalue weighted by atomic mass is 35.5. The Morgan fingerprint density at radius 2 is 2.21 bits per heavy atom. The molecular weight excluding hydrogens is 222 g/mol. The Balaban J connectivity index is 2.02. The fraction of sp³-hybridized carbons (Fsp3) is 0.143. The van der Waals surface area contributed by atoms with E-state index in [1.807, 2.05) is 0 Å². The molecule has 0 radical (unpaired) electrons. The molecule has 0 bridgehead atoms. The van der Waals surface area contributed by atoms with Gasteiger partial charge < -0.3 is 5.32 Å². The number of anilines is 1. The Bertz CT molecular complexity index is 404. The largest absolute Gasteiger partial charge is 0.362 e. The third-order valence-corrected chi connectivity index (χ3v) is 2.43. The van der Waals surface area contributed by atoms with Crippen LogP contribution in [-0.2, 0) is 6.54 Å². The van der Waals surface area contributed by atoms with E-state index in [1.54, 1.807) is 18.6 Å². The molecule has 0 spiro atoms. The van der Waals surface area contributed by atoms with Crippen molar-refractivity contribution >= 4 is 29.0 Å². The van der Waals surface area contributed by atoms with Crippen molar-refractivity contribution in [3.8, 4) is 0 Å². The Labute approximate surface area is 89.3 Å². The first kappa shape index (κ1) is 9.29. The van der Waals surface area contributed by atoms with Crippen molar-refractivity contribution in [1.29, 1.82) is 0 Å². The predicted octanol–water partition coefficient (Wildman–Crippen LogP) is 1.59. The number of nitrogens with zero attached hydrogens (tertiary/aromatic N) is 4. The van der Waals surface area contributed by atoms with Gasteiger partial charge in [0.15, 0.2) is 11.0 Å². The molecule has 72 valence electrons. The number of halogens is 1. The predicted molar refractivity (Wildman–Crippen MR) is 54.3 cm³/mol. The average molecular weight is 228 g/mol. The van der Waals surface area contributed by atoms with E-state index in [-0.39, 0.29) is 0 Å². The summed E-state index contributed by atoms with van der Waals surface area (Å²) in [5.41, 5.74) is 0. The molecule has 0 unspecified atom stereocenters. The van der Waals surface area contributed by atoms with Gasteiger partial charge in [-0.1, -0.05) is 16.1 Å². The highest BCUT2D eigenvalue weighted by Gasteiger charge is 2.01. The summed E-state index contributed by atoms with van der Waals surface area (Å²) in [6.07, 6.45) is 4.82. The molecule has 0 amide bonds. The highest BCUT2D eigenvalue weighted by Crippen LogP contribution is 2.15. The normalized spacial score (nSPS) is 10.1. The van der Waals surface area contributed by atoms with Crippen molar-refractivity contribution in [3.05, 3.63) is 28.6 Å². The highest BCUT2D eigenvalue weighted by molar-refractivity contribution is 7.05. The fourth-order valence-electron chi connectivity index (χ4n) is 0.876. The van der Waals surface area contributed by atoms with Gasteiger partial charge in [0.05, 0.1) is 17.6 Å². The molecule has 14 heavy (non-hydrogen) atoms. The zero-order valence-corrected chi connectivity index (χ0v) is 8.59. The second-order valence-electron chi connectivity index (χ2n) is 2.43. The van der Waals surface area contributed by atoms with Crippen LogP contribution in [0.25, 0.3) is 0 Å². The lowest BCUT2D eigenvalue weighted by Gasteiger charge is -2.02. The Kier molecular flexibility index (Phi) is 2.85. The van der Waals surface area contributed by atoms with Crippen molar-refractivity contribution in [2.75, 3.05) is 5.32 Å². The van der Waals surface area contributed by atoms with Gasteiger partial charge in [-0.3, -0.25) is 0 Å². The summed E-state index contributed by atoms with van der Waals surface area (Å²) in [5.74, 6) is 0.572. The third kappa shape index (κ3) is 2.15. The number of hydrogen-bond acceptors (Lipinski definition) is 6. The summed E-state index contributed by atoms with van der Waals surface area (Å²) in [6.45, 7) is 0.607. The maximum absolute atomic E-state index is 5.80. The zero-order chi connectivity index (χ0) is 9.80. The Morgan fingerprint density at radius 1 is 1.36 bits per heavy atom. The standard InChI is InChI=1S/C7H6ClN5S/c8-6-7(10-2-1-9-6)11-3-5-4-12-13-14-5/h1-2,4H,3H2,(H,10,11). The maximum atomic E-state index is 5.80. The Hall–Kier alpha value is -1.27. The van der Waals surface area contributed by atoms with Crippen molar-refractivity contribution in [3.63, 3.8) is 0 Å². The molecule has 0 saturated carbocycles. The van der Waals surface area contributed by atoms with Gasteiger partial charge in [-0.2, -0.15) is 0 Å². The minimum absolute atomic E-state index is 0.366. The summed E-state index contributed by atoms with van der Waals surface area (Å²) >= 11 is 7.13. The molecule has 2 aromatic heterocycles. The summed E-state index contributed by atoms with van der Waals surface area (Å²) in [7, 11) is 0. The number of nitrogens with one attached hydrogen (secondary N) is 1. The van der Waals surface area contributed by atoms with Crippen molar-refractivity contribution in [2.24, 2.45) is 0 Å². The van der Waals surface area contributed by atoms with Crippen molar-refractivity contribution in [1.82, 2.24) is 19.6 Å². The van der Waals surface area contributed by atoms with Crippen molar-refractivity contribution < 1.29 is 0 Å². The van der Waals surface area contributed by atoms with Crippen LogP contribution in [0.2, 0.25) is 5.15 Å². The van der Waals surface area contributed by atoms with Gasteiger partial charge in [-0.05, 0) is 11.5 Å². The van der Waals surface area contributed by atoms with E-state index < -0.39 is 0 Å². The van der Waals surface area contributed by atoms with Crippen molar-refractivity contribution in [2.45, 2.75) is 6.54 Å². The summed E-state index contributed by atoms with van der Waals surface area (Å²) in [5, 5.41) is 7.12. The number of rotatable bonds is 3. The Morgan fingerprint density at radius 3 is 2.93 bits per heavy atom. The van der Waals surface area contributed by atoms with E-state index in [2.05, 4.69) is 24.9 Å². The van der Waals surface area contributed by atoms with Crippen LogP contribution in [0, 0.1) is 0 Å². The molecule has 0 aliphatic rings. The van der Waals surface area contributed by atoms with Crippen LogP contribution in [-0.4, -0.2) is 19.6 Å². The summed E-state index contributed by atoms with van der Waals surface area (Å²) in [6, 6.07) is 0. The van der Waals surface area contributed by atoms with Gasteiger partial charge in [-0.25, -0.2) is 9.97 Å². The second-order valence-corrected chi connectivity index (χ2v) is 3.66. The van der Waals surface area contributed by atoms with E-state index in [0.29, 0.717) is 17.5 Å². The molecular formula is C7H6ClN5S. The first-order valence-electron chi connectivity index (χ1n) is 3.83. The van der Waals surface area contributed by atoms with Crippen LogP contribution < -0.4 is 5.32 Å². The van der Waals surface area contributed by atoms with Gasteiger partial charge >= 0.3 is 0 Å². The van der Waals surface area contributed by atoms with Crippen LogP contribution in [0.15, 0.2) is 18.6 Å². The quantitative estimate of drug-likeness (QED) is 0.863. The van der Waals surface area contributed by atoms with E-state index in [1.165, 1.54) is 11.5 Å². The van der Waals surface area contributed by atoms with E-state index in [9.17, 15) is 0 Å². The molecule has 2 aromatic rings. The molecule has 7 heteroatoms. The first-order valence-corrected chi connectivity index (χ1v) is 4.98. The van der Waals surface area contributed by atoms with E-state index in [4.69, 9.17) is 11.6 Å². The minimum atomic E-state index is 0.366. The molecule has 0 aliphatic carbocycles. The van der Waals surface area contributed by atoms with Crippen LogP contribution >= 0.6 is 23.1 Å². The smallest absolute Gasteiger partial charge is 0.171 e. The van der Waals surface area contributed by atoms with Gasteiger partial charge in [0.1, 0.15) is 0 Å². The second kappa shape index (κ2) is 4.30. The van der Waals surface area contributed by atoms with Gasteiger partial charge in [0, 0.05) is 12.4 Å². The molecule has 0 fully saturated rings. The van der Waals surface area contributed by atoms with Crippen LogP contribution in [0.4, 0.5) is 5.82 Å². The molecule has 0 aliphatic heterocycles. The monoisotopic (exact) mass is 227 g/mol. The summed E-state index contributed by atoms with van der Waals surface area (Å²) in [4.78, 5) is 8.95. The van der Waals surface area contributed by atoms with Gasteiger partial charge in [0.25, 0.3) is 0 Å². The maximum Gasteiger partial charge on any atom is 0.171 e. The molecule has 2 heterocycles. The third-order valence-electron chi connectivity index (χ3n) is 1.49. The lowest BCUT2D eigenvalue weighted by molar-refractivity contribution is 1.09. The number of aromatic nitrogens is 4. The van der Waals surface area contributed by atoms with Crippen LogP contribution in [0.1, 0.15) is 4.88 Å².